The Morgan fingerprint density at radius 2 is 2.00 bits per heavy atom. The molecule has 12 heavy (non-hydrogen) atoms. The predicted octanol–water partition coefficient (Wildman–Crippen LogP) is 1.29. The molecule has 1 saturated carbocycles. The molecular weight excluding hydrogens is 150 g/mol. The van der Waals surface area contributed by atoms with Crippen molar-refractivity contribution in [2.45, 2.75) is 44.6 Å². The maximum absolute atomic E-state index is 9.94. The normalized spacial score (nSPS) is 43.2. The Bertz CT molecular complexity index is 144. The summed E-state index contributed by atoms with van der Waals surface area (Å²) in [5, 5.41) is 13.4. The number of aliphatic hydroxyl groups excluding tert-OH is 1. The predicted molar refractivity (Wildman–Crippen MR) is 49.0 cm³/mol. The van der Waals surface area contributed by atoms with E-state index in [2.05, 4.69) is 5.32 Å². The van der Waals surface area contributed by atoms with E-state index in [1.54, 1.807) is 0 Å². The van der Waals surface area contributed by atoms with Crippen molar-refractivity contribution in [1.82, 2.24) is 5.32 Å². The van der Waals surface area contributed by atoms with Gasteiger partial charge in [-0.25, -0.2) is 0 Å². The largest absolute Gasteiger partial charge is 0.393 e. The van der Waals surface area contributed by atoms with Crippen molar-refractivity contribution in [3.8, 4) is 0 Å². The first-order valence-electron chi connectivity index (χ1n) is 5.22. The number of aliphatic hydroxyl groups is 1. The fraction of sp³-hybridized carbons (Fsp3) is 1.00. The van der Waals surface area contributed by atoms with E-state index in [4.69, 9.17) is 0 Å². The summed E-state index contributed by atoms with van der Waals surface area (Å²) >= 11 is 0. The standard InChI is InChI=1S/C10H19NO/c12-9-4-1-2-5-10(9)6-3-7-11-8-10/h9,11-12H,1-8H2. The lowest BCUT2D eigenvalue weighted by Gasteiger charge is -2.44. The van der Waals surface area contributed by atoms with Gasteiger partial charge in [0.15, 0.2) is 0 Å². The molecule has 1 spiro atoms. The molecule has 0 bridgehead atoms. The molecular formula is C10H19NO. The number of hydrogen-bond acceptors (Lipinski definition) is 2. The molecule has 2 atom stereocenters. The van der Waals surface area contributed by atoms with Crippen LogP contribution < -0.4 is 5.32 Å². The Hall–Kier alpha value is -0.0800. The topological polar surface area (TPSA) is 32.3 Å². The molecule has 2 N–H and O–H groups in total. The van der Waals surface area contributed by atoms with Gasteiger partial charge in [-0.05, 0) is 32.2 Å². The highest BCUT2D eigenvalue weighted by Gasteiger charge is 2.40. The van der Waals surface area contributed by atoms with Crippen molar-refractivity contribution < 1.29 is 5.11 Å². The molecule has 0 aromatic heterocycles. The quantitative estimate of drug-likeness (QED) is 0.572. The molecule has 1 saturated heterocycles. The van der Waals surface area contributed by atoms with Gasteiger partial charge in [0.25, 0.3) is 0 Å². The number of nitrogens with one attached hydrogen (secondary N) is 1. The van der Waals surface area contributed by atoms with Gasteiger partial charge in [0.05, 0.1) is 6.10 Å². The van der Waals surface area contributed by atoms with Crippen molar-refractivity contribution in [1.29, 1.82) is 0 Å². The van der Waals surface area contributed by atoms with E-state index < -0.39 is 0 Å². The molecule has 2 heteroatoms. The summed E-state index contributed by atoms with van der Waals surface area (Å²) in [5.41, 5.74) is 0.260. The lowest BCUT2D eigenvalue weighted by atomic mass is 9.68. The van der Waals surface area contributed by atoms with E-state index in [-0.39, 0.29) is 11.5 Å². The van der Waals surface area contributed by atoms with E-state index in [1.165, 1.54) is 32.1 Å². The van der Waals surface area contributed by atoms with Gasteiger partial charge < -0.3 is 10.4 Å². The zero-order valence-electron chi connectivity index (χ0n) is 7.68. The first-order valence-corrected chi connectivity index (χ1v) is 5.22. The third-order valence-corrected chi connectivity index (χ3v) is 3.61. The summed E-state index contributed by atoms with van der Waals surface area (Å²) < 4.78 is 0. The van der Waals surface area contributed by atoms with Crippen LogP contribution in [0.3, 0.4) is 0 Å². The summed E-state index contributed by atoms with van der Waals surface area (Å²) in [4.78, 5) is 0. The molecule has 1 aliphatic carbocycles. The molecule has 2 fully saturated rings. The smallest absolute Gasteiger partial charge is 0.0608 e. The van der Waals surface area contributed by atoms with Crippen LogP contribution in [0.4, 0.5) is 0 Å². The maximum atomic E-state index is 9.94. The second-order valence-electron chi connectivity index (χ2n) is 4.40. The molecule has 2 nitrogen and oxygen atoms in total. The monoisotopic (exact) mass is 169 g/mol. The average Bonchev–Trinajstić information content (AvgIpc) is 2.12. The summed E-state index contributed by atoms with van der Waals surface area (Å²) in [6.45, 7) is 2.20. The molecule has 2 rings (SSSR count). The van der Waals surface area contributed by atoms with Gasteiger partial charge in [-0.15, -0.1) is 0 Å². The number of piperidine rings is 1. The van der Waals surface area contributed by atoms with Crippen LogP contribution in [0.1, 0.15) is 38.5 Å². The Labute approximate surface area is 74.4 Å². The van der Waals surface area contributed by atoms with Gasteiger partial charge in [-0.2, -0.15) is 0 Å². The number of hydrogen-bond donors (Lipinski definition) is 2. The lowest BCUT2D eigenvalue weighted by molar-refractivity contribution is -0.0271. The fourth-order valence-corrected chi connectivity index (χ4v) is 2.78. The Balaban J connectivity index is 2.04. The Morgan fingerprint density at radius 1 is 1.17 bits per heavy atom. The van der Waals surface area contributed by atoms with Gasteiger partial charge in [-0.3, -0.25) is 0 Å². The molecule has 70 valence electrons. The molecule has 0 aromatic carbocycles. The number of rotatable bonds is 0. The molecule has 0 radical (unpaired) electrons. The van der Waals surface area contributed by atoms with Crippen LogP contribution in [0.25, 0.3) is 0 Å². The molecule has 2 aliphatic rings. The highest BCUT2D eigenvalue weighted by atomic mass is 16.3. The summed E-state index contributed by atoms with van der Waals surface area (Å²) in [7, 11) is 0. The second kappa shape index (κ2) is 3.35. The van der Waals surface area contributed by atoms with Crippen molar-refractivity contribution in [3.05, 3.63) is 0 Å². The van der Waals surface area contributed by atoms with Crippen molar-refractivity contribution in [2.24, 2.45) is 5.41 Å². The van der Waals surface area contributed by atoms with Crippen LogP contribution in [0.2, 0.25) is 0 Å². The van der Waals surface area contributed by atoms with Gasteiger partial charge >= 0.3 is 0 Å². The van der Waals surface area contributed by atoms with Crippen LogP contribution in [-0.4, -0.2) is 24.3 Å². The minimum Gasteiger partial charge on any atom is -0.393 e. The van der Waals surface area contributed by atoms with Crippen LogP contribution >= 0.6 is 0 Å². The molecule has 2 unspecified atom stereocenters. The summed E-state index contributed by atoms with van der Waals surface area (Å²) in [6.07, 6.45) is 7.27. The van der Waals surface area contributed by atoms with Crippen LogP contribution in [0, 0.1) is 5.41 Å². The van der Waals surface area contributed by atoms with Gasteiger partial charge in [0, 0.05) is 12.0 Å². The van der Waals surface area contributed by atoms with Crippen molar-refractivity contribution in [2.75, 3.05) is 13.1 Å². The highest BCUT2D eigenvalue weighted by Crippen LogP contribution is 2.41. The maximum Gasteiger partial charge on any atom is 0.0608 e. The van der Waals surface area contributed by atoms with E-state index in [0.717, 1.165) is 19.5 Å². The average molecular weight is 169 g/mol. The van der Waals surface area contributed by atoms with Crippen LogP contribution in [0.5, 0.6) is 0 Å². The van der Waals surface area contributed by atoms with Crippen molar-refractivity contribution >= 4 is 0 Å². The summed E-state index contributed by atoms with van der Waals surface area (Å²) in [6, 6.07) is 0. The zero-order valence-corrected chi connectivity index (χ0v) is 7.68. The molecule has 0 amide bonds. The molecule has 0 aromatic rings. The Morgan fingerprint density at radius 3 is 2.67 bits per heavy atom. The van der Waals surface area contributed by atoms with Gasteiger partial charge in [0.1, 0.15) is 0 Å². The molecule has 1 heterocycles. The summed E-state index contributed by atoms with van der Waals surface area (Å²) in [5.74, 6) is 0. The van der Waals surface area contributed by atoms with Crippen LogP contribution in [0.15, 0.2) is 0 Å². The SMILES string of the molecule is OC1CCCCC12CCCNC2. The third-order valence-electron chi connectivity index (χ3n) is 3.61. The van der Waals surface area contributed by atoms with E-state index >= 15 is 0 Å². The Kier molecular flexibility index (Phi) is 2.37. The van der Waals surface area contributed by atoms with E-state index in [0.29, 0.717) is 0 Å². The first kappa shape index (κ1) is 8.52. The fourth-order valence-electron chi connectivity index (χ4n) is 2.78. The minimum atomic E-state index is -0.0287. The van der Waals surface area contributed by atoms with E-state index in [1.807, 2.05) is 0 Å². The minimum absolute atomic E-state index is 0.0287. The molecule has 1 aliphatic heterocycles. The van der Waals surface area contributed by atoms with Crippen molar-refractivity contribution in [3.63, 3.8) is 0 Å². The van der Waals surface area contributed by atoms with Crippen LogP contribution in [-0.2, 0) is 0 Å². The lowest BCUT2D eigenvalue weighted by Crippen LogP contribution is -2.49. The van der Waals surface area contributed by atoms with E-state index in [9.17, 15) is 5.11 Å². The first-order chi connectivity index (χ1) is 5.83. The zero-order chi connectivity index (χ0) is 8.44. The van der Waals surface area contributed by atoms with Gasteiger partial charge in [0.2, 0.25) is 0 Å². The second-order valence-corrected chi connectivity index (χ2v) is 4.40. The highest BCUT2D eigenvalue weighted by molar-refractivity contribution is 4.93. The third kappa shape index (κ3) is 1.38. The van der Waals surface area contributed by atoms with Gasteiger partial charge in [-0.1, -0.05) is 12.8 Å².